The van der Waals surface area contributed by atoms with E-state index >= 15 is 0 Å². The van der Waals surface area contributed by atoms with Crippen LogP contribution < -0.4 is 4.72 Å². The van der Waals surface area contributed by atoms with Gasteiger partial charge in [-0.2, -0.15) is 0 Å². The van der Waals surface area contributed by atoms with Gasteiger partial charge in [0.1, 0.15) is 0 Å². The van der Waals surface area contributed by atoms with E-state index in [1.54, 1.807) is 12.1 Å². The topological polar surface area (TPSA) is 83.5 Å². The molecule has 0 saturated carbocycles. The highest BCUT2D eigenvalue weighted by atomic mass is 79.9. The molecule has 0 fully saturated rings. The van der Waals surface area contributed by atoms with Crippen molar-refractivity contribution in [2.24, 2.45) is 5.41 Å². The molecule has 0 spiro atoms. The standard InChI is InChI=1S/C12H16BrNO4S/c1-8-4-5-10(9(13)6-8)19(17,18)14-7-12(2,3)11(15)16/h4-6,14H,7H2,1-3H3,(H,15,16). The molecule has 0 radical (unpaired) electrons. The summed E-state index contributed by atoms with van der Waals surface area (Å²) in [5.41, 5.74) is -0.235. The average Bonchev–Trinajstić information content (AvgIpc) is 2.26. The van der Waals surface area contributed by atoms with Gasteiger partial charge in [0, 0.05) is 11.0 Å². The fourth-order valence-corrected chi connectivity index (χ4v) is 3.65. The Bertz CT molecular complexity index is 596. The number of aryl methyl sites for hydroxylation is 1. The number of aliphatic carboxylic acids is 1. The van der Waals surface area contributed by atoms with E-state index < -0.39 is 21.4 Å². The van der Waals surface area contributed by atoms with Gasteiger partial charge in [-0.05, 0) is 54.4 Å². The molecule has 0 aliphatic heterocycles. The van der Waals surface area contributed by atoms with Gasteiger partial charge in [-0.3, -0.25) is 4.79 Å². The maximum Gasteiger partial charge on any atom is 0.310 e. The van der Waals surface area contributed by atoms with Gasteiger partial charge in [0.05, 0.1) is 10.3 Å². The molecular weight excluding hydrogens is 334 g/mol. The number of hydrogen-bond acceptors (Lipinski definition) is 3. The van der Waals surface area contributed by atoms with Crippen molar-refractivity contribution in [2.75, 3.05) is 6.54 Å². The quantitative estimate of drug-likeness (QED) is 0.852. The van der Waals surface area contributed by atoms with E-state index in [9.17, 15) is 13.2 Å². The molecule has 7 heteroatoms. The molecule has 106 valence electrons. The number of nitrogens with one attached hydrogen (secondary N) is 1. The molecule has 2 N–H and O–H groups in total. The van der Waals surface area contributed by atoms with Crippen LogP contribution in [-0.2, 0) is 14.8 Å². The van der Waals surface area contributed by atoms with Crippen molar-refractivity contribution in [1.29, 1.82) is 0 Å². The van der Waals surface area contributed by atoms with Crippen LogP contribution in [0.25, 0.3) is 0 Å². The van der Waals surface area contributed by atoms with E-state index in [0.717, 1.165) is 5.56 Å². The van der Waals surface area contributed by atoms with E-state index in [0.29, 0.717) is 4.47 Å². The summed E-state index contributed by atoms with van der Waals surface area (Å²) in [6.45, 7) is 4.59. The Morgan fingerprint density at radius 3 is 2.47 bits per heavy atom. The van der Waals surface area contributed by atoms with Crippen LogP contribution in [0, 0.1) is 12.3 Å². The number of rotatable bonds is 5. The smallest absolute Gasteiger partial charge is 0.310 e. The molecule has 1 aromatic rings. The summed E-state index contributed by atoms with van der Waals surface area (Å²) in [6.07, 6.45) is 0. The van der Waals surface area contributed by atoms with Crippen molar-refractivity contribution < 1.29 is 18.3 Å². The molecular formula is C12H16BrNO4S. The van der Waals surface area contributed by atoms with Gasteiger partial charge in [0.2, 0.25) is 10.0 Å². The number of carboxylic acid groups (broad SMARTS) is 1. The number of sulfonamides is 1. The van der Waals surface area contributed by atoms with Crippen molar-refractivity contribution in [3.63, 3.8) is 0 Å². The van der Waals surface area contributed by atoms with Gasteiger partial charge < -0.3 is 5.11 Å². The molecule has 0 bridgehead atoms. The van der Waals surface area contributed by atoms with Crippen LogP contribution in [0.4, 0.5) is 0 Å². The molecule has 0 heterocycles. The summed E-state index contributed by atoms with van der Waals surface area (Å²) in [4.78, 5) is 11.0. The zero-order valence-corrected chi connectivity index (χ0v) is 13.3. The second-order valence-corrected chi connectivity index (χ2v) is 7.54. The predicted molar refractivity (Wildman–Crippen MR) is 75.5 cm³/mol. The third kappa shape index (κ3) is 4.02. The van der Waals surface area contributed by atoms with Crippen LogP contribution in [0.2, 0.25) is 0 Å². The van der Waals surface area contributed by atoms with E-state index in [2.05, 4.69) is 20.7 Å². The molecule has 0 aliphatic carbocycles. The molecule has 1 aromatic carbocycles. The average molecular weight is 350 g/mol. The first-order valence-corrected chi connectivity index (χ1v) is 7.83. The van der Waals surface area contributed by atoms with Crippen LogP contribution >= 0.6 is 15.9 Å². The summed E-state index contributed by atoms with van der Waals surface area (Å²) in [5.74, 6) is -1.06. The van der Waals surface area contributed by atoms with Crippen molar-refractivity contribution in [2.45, 2.75) is 25.7 Å². The van der Waals surface area contributed by atoms with Crippen molar-refractivity contribution in [3.8, 4) is 0 Å². The Balaban J connectivity index is 2.97. The molecule has 0 aliphatic rings. The van der Waals surface area contributed by atoms with Gasteiger partial charge >= 0.3 is 5.97 Å². The second-order valence-electron chi connectivity index (χ2n) is 4.95. The Hall–Kier alpha value is -0.920. The number of halogens is 1. The summed E-state index contributed by atoms with van der Waals surface area (Å²) in [6, 6.07) is 4.86. The first kappa shape index (κ1) is 16.1. The lowest BCUT2D eigenvalue weighted by Crippen LogP contribution is -2.38. The number of carboxylic acids is 1. The van der Waals surface area contributed by atoms with Crippen LogP contribution in [0.5, 0.6) is 0 Å². The molecule has 0 unspecified atom stereocenters. The number of benzene rings is 1. The summed E-state index contributed by atoms with van der Waals surface area (Å²) in [5, 5.41) is 8.96. The molecule has 0 saturated heterocycles. The minimum atomic E-state index is -3.73. The first-order valence-electron chi connectivity index (χ1n) is 5.55. The van der Waals surface area contributed by atoms with Crippen LogP contribution in [-0.4, -0.2) is 26.0 Å². The SMILES string of the molecule is Cc1ccc(S(=O)(=O)NCC(C)(C)C(=O)O)c(Br)c1. The van der Waals surface area contributed by atoms with Gasteiger partial charge in [-0.1, -0.05) is 6.07 Å². The van der Waals surface area contributed by atoms with Crippen molar-refractivity contribution in [3.05, 3.63) is 28.2 Å². The van der Waals surface area contributed by atoms with Gasteiger partial charge in [-0.25, -0.2) is 13.1 Å². The Morgan fingerprint density at radius 1 is 1.42 bits per heavy atom. The zero-order valence-electron chi connectivity index (χ0n) is 10.9. The van der Waals surface area contributed by atoms with Crippen molar-refractivity contribution >= 4 is 31.9 Å². The summed E-state index contributed by atoms with van der Waals surface area (Å²) >= 11 is 3.20. The molecule has 1 rings (SSSR count). The number of hydrogen-bond donors (Lipinski definition) is 2. The third-order valence-electron chi connectivity index (χ3n) is 2.66. The minimum absolute atomic E-state index is 0.0966. The normalized spacial score (nSPS) is 12.4. The molecule has 19 heavy (non-hydrogen) atoms. The van der Waals surface area contributed by atoms with E-state index in [4.69, 9.17) is 5.11 Å². The van der Waals surface area contributed by atoms with Gasteiger partial charge in [0.15, 0.2) is 0 Å². The monoisotopic (exact) mass is 349 g/mol. The molecule has 0 aromatic heterocycles. The highest BCUT2D eigenvalue weighted by molar-refractivity contribution is 9.10. The summed E-state index contributed by atoms with van der Waals surface area (Å²) < 4.78 is 27.0. The summed E-state index contributed by atoms with van der Waals surface area (Å²) in [7, 11) is -3.73. The lowest BCUT2D eigenvalue weighted by Gasteiger charge is -2.19. The zero-order chi connectivity index (χ0) is 14.8. The molecule has 0 atom stereocenters. The Labute approximate surface area is 121 Å². The number of carbonyl (C=O) groups is 1. The second kappa shape index (κ2) is 5.60. The molecule has 0 amide bonds. The molecule has 5 nitrogen and oxygen atoms in total. The van der Waals surface area contributed by atoms with Crippen LogP contribution in [0.1, 0.15) is 19.4 Å². The lowest BCUT2D eigenvalue weighted by atomic mass is 9.95. The lowest BCUT2D eigenvalue weighted by molar-refractivity contribution is -0.146. The maximum absolute atomic E-state index is 12.1. The third-order valence-corrected chi connectivity index (χ3v) is 5.04. The Kier molecular flexibility index (Phi) is 4.76. The first-order chi connectivity index (χ1) is 8.56. The van der Waals surface area contributed by atoms with E-state index in [1.807, 2.05) is 6.92 Å². The van der Waals surface area contributed by atoms with Gasteiger partial charge in [0.25, 0.3) is 0 Å². The van der Waals surface area contributed by atoms with E-state index in [-0.39, 0.29) is 11.4 Å². The fourth-order valence-electron chi connectivity index (χ4n) is 1.25. The fraction of sp³-hybridized carbons (Fsp3) is 0.417. The minimum Gasteiger partial charge on any atom is -0.481 e. The van der Waals surface area contributed by atoms with E-state index in [1.165, 1.54) is 19.9 Å². The van der Waals surface area contributed by atoms with Gasteiger partial charge in [-0.15, -0.1) is 0 Å². The maximum atomic E-state index is 12.1. The predicted octanol–water partition coefficient (Wildman–Crippen LogP) is 2.15. The van der Waals surface area contributed by atoms with Crippen LogP contribution in [0.3, 0.4) is 0 Å². The largest absolute Gasteiger partial charge is 0.481 e. The highest BCUT2D eigenvalue weighted by Gasteiger charge is 2.29. The van der Waals surface area contributed by atoms with Crippen molar-refractivity contribution in [1.82, 2.24) is 4.72 Å². The Morgan fingerprint density at radius 2 is 2.00 bits per heavy atom. The van der Waals surface area contributed by atoms with Crippen LogP contribution in [0.15, 0.2) is 27.6 Å². The highest BCUT2D eigenvalue weighted by Crippen LogP contribution is 2.23.